The van der Waals surface area contributed by atoms with Gasteiger partial charge in [0.15, 0.2) is 35.5 Å². The molecule has 0 amide bonds. The first kappa shape index (κ1) is 16.4. The number of halogens is 5. The van der Waals surface area contributed by atoms with Gasteiger partial charge in [-0.15, -0.1) is 0 Å². The predicted octanol–water partition coefficient (Wildman–Crippen LogP) is 3.14. The van der Waals surface area contributed by atoms with Crippen LogP contribution in [0.4, 0.5) is 27.8 Å². The third kappa shape index (κ3) is 2.73. The number of rotatable bonds is 4. The number of aliphatic imine (C=N–C) groups is 1. The van der Waals surface area contributed by atoms with Crippen molar-refractivity contribution in [1.29, 1.82) is 5.26 Å². The van der Waals surface area contributed by atoms with Gasteiger partial charge in [-0.05, 0) is 6.92 Å². The average molecular weight is 330 g/mol. The summed E-state index contributed by atoms with van der Waals surface area (Å²) in [5.41, 5.74) is -1.59. The van der Waals surface area contributed by atoms with Crippen molar-refractivity contribution in [2.75, 3.05) is 6.61 Å². The Balaban J connectivity index is 2.74. The van der Waals surface area contributed by atoms with Crippen molar-refractivity contribution in [1.82, 2.24) is 9.78 Å². The summed E-state index contributed by atoms with van der Waals surface area (Å²) in [6.45, 7) is 1.83. The highest BCUT2D eigenvalue weighted by Gasteiger charge is 2.29. The molecular formula is C13H7F5N4O. The molecule has 23 heavy (non-hydrogen) atoms. The van der Waals surface area contributed by atoms with Crippen molar-refractivity contribution in [2.24, 2.45) is 4.99 Å². The molecule has 2 rings (SSSR count). The minimum Gasteiger partial charge on any atom is -0.483 e. The molecule has 0 aliphatic carbocycles. The van der Waals surface area contributed by atoms with Crippen molar-refractivity contribution in [2.45, 2.75) is 6.92 Å². The molecule has 0 radical (unpaired) electrons. The number of hydrogen-bond donors (Lipinski definition) is 0. The Labute approximate surface area is 126 Å². The maximum atomic E-state index is 13.8. The molecule has 0 saturated heterocycles. The highest BCUT2D eigenvalue weighted by atomic mass is 19.2. The van der Waals surface area contributed by atoms with Gasteiger partial charge >= 0.3 is 0 Å². The molecule has 0 bridgehead atoms. The summed E-state index contributed by atoms with van der Waals surface area (Å²) < 4.78 is 72.4. The molecule has 1 aromatic carbocycles. The van der Waals surface area contributed by atoms with Crippen LogP contribution in [0.3, 0.4) is 0 Å². The molecule has 2 aromatic rings. The van der Waals surface area contributed by atoms with Crippen LogP contribution >= 0.6 is 0 Å². The lowest BCUT2D eigenvalue weighted by Crippen LogP contribution is -2.10. The van der Waals surface area contributed by atoms with Crippen molar-refractivity contribution in [3.05, 3.63) is 40.8 Å². The van der Waals surface area contributed by atoms with Gasteiger partial charge in [-0.2, -0.15) is 15.4 Å². The van der Waals surface area contributed by atoms with Gasteiger partial charge in [0.05, 0.1) is 12.8 Å². The van der Waals surface area contributed by atoms with E-state index < -0.39 is 40.6 Å². The Morgan fingerprint density at radius 1 is 1.17 bits per heavy atom. The molecule has 0 fully saturated rings. The van der Waals surface area contributed by atoms with Crippen LogP contribution in [0.1, 0.15) is 12.5 Å². The molecule has 0 saturated carbocycles. The molecule has 0 atom stereocenters. The van der Waals surface area contributed by atoms with E-state index in [4.69, 9.17) is 10.00 Å². The van der Waals surface area contributed by atoms with Crippen molar-refractivity contribution < 1.29 is 26.7 Å². The molecule has 1 aromatic heterocycles. The van der Waals surface area contributed by atoms with Gasteiger partial charge in [0.2, 0.25) is 5.82 Å². The first-order chi connectivity index (χ1) is 10.9. The minimum absolute atomic E-state index is 0.210. The van der Waals surface area contributed by atoms with E-state index in [9.17, 15) is 22.0 Å². The first-order valence-electron chi connectivity index (χ1n) is 6.08. The van der Waals surface area contributed by atoms with Gasteiger partial charge in [0.1, 0.15) is 17.3 Å². The third-order valence-corrected chi connectivity index (χ3v) is 2.68. The number of benzene rings is 1. The third-order valence-electron chi connectivity index (χ3n) is 2.68. The van der Waals surface area contributed by atoms with Gasteiger partial charge in [-0.1, -0.05) is 0 Å². The van der Waals surface area contributed by atoms with Crippen LogP contribution in [0.2, 0.25) is 0 Å². The summed E-state index contributed by atoms with van der Waals surface area (Å²) in [6, 6.07) is 1.63. The molecule has 0 aliphatic heterocycles. The van der Waals surface area contributed by atoms with E-state index in [1.165, 1.54) is 0 Å². The fourth-order valence-corrected chi connectivity index (χ4v) is 1.65. The molecule has 0 aliphatic rings. The van der Waals surface area contributed by atoms with E-state index in [0.29, 0.717) is 4.68 Å². The van der Waals surface area contributed by atoms with Crippen LogP contribution in [0.25, 0.3) is 5.69 Å². The minimum atomic E-state index is -2.30. The molecular weight excluding hydrogens is 323 g/mol. The topological polar surface area (TPSA) is 63.2 Å². The van der Waals surface area contributed by atoms with E-state index in [2.05, 4.69) is 10.1 Å². The van der Waals surface area contributed by atoms with E-state index >= 15 is 0 Å². The number of nitriles is 1. The Morgan fingerprint density at radius 2 is 1.74 bits per heavy atom. The van der Waals surface area contributed by atoms with Crippen LogP contribution < -0.4 is 0 Å². The van der Waals surface area contributed by atoms with Gasteiger partial charge in [0, 0.05) is 0 Å². The molecule has 120 valence electrons. The van der Waals surface area contributed by atoms with E-state index in [1.54, 1.807) is 13.0 Å². The van der Waals surface area contributed by atoms with Crippen molar-refractivity contribution in [3.63, 3.8) is 0 Å². The monoisotopic (exact) mass is 330 g/mol. The number of nitrogens with zero attached hydrogens (tertiary/aromatic N) is 4. The predicted molar refractivity (Wildman–Crippen MR) is 67.8 cm³/mol. The standard InChI is InChI=1S/C13H7F5N4O/c1-2-23-5-20-13-6(3-19)4-21-22(13)12-10(17)8(15)7(14)9(16)11(12)18/h4-5H,2H2,1H3. The lowest BCUT2D eigenvalue weighted by Gasteiger charge is -2.09. The van der Waals surface area contributed by atoms with Gasteiger partial charge in [0.25, 0.3) is 0 Å². The zero-order valence-electron chi connectivity index (χ0n) is 11.4. The van der Waals surface area contributed by atoms with Crippen LogP contribution in [0.15, 0.2) is 11.2 Å². The normalized spacial score (nSPS) is 11.0. The van der Waals surface area contributed by atoms with Gasteiger partial charge < -0.3 is 4.74 Å². The average Bonchev–Trinajstić information content (AvgIpc) is 2.94. The summed E-state index contributed by atoms with van der Waals surface area (Å²) in [6.07, 6.45) is 1.73. The van der Waals surface area contributed by atoms with Crippen LogP contribution in [0, 0.1) is 40.4 Å². The first-order valence-corrected chi connectivity index (χ1v) is 6.08. The second kappa shape index (κ2) is 6.43. The smallest absolute Gasteiger partial charge is 0.200 e. The maximum Gasteiger partial charge on any atom is 0.200 e. The molecule has 10 heteroatoms. The van der Waals surface area contributed by atoms with Crippen LogP contribution in [0.5, 0.6) is 0 Å². The summed E-state index contributed by atoms with van der Waals surface area (Å²) in [5, 5.41) is 12.4. The van der Waals surface area contributed by atoms with Crippen molar-refractivity contribution >= 4 is 12.2 Å². The lowest BCUT2D eigenvalue weighted by molar-refractivity contribution is 0.343. The summed E-state index contributed by atoms with van der Waals surface area (Å²) >= 11 is 0. The summed E-state index contributed by atoms with van der Waals surface area (Å²) in [5.74, 6) is -11.2. The highest BCUT2D eigenvalue weighted by Crippen LogP contribution is 2.30. The van der Waals surface area contributed by atoms with Gasteiger partial charge in [-0.3, -0.25) is 0 Å². The molecule has 0 N–H and O–H groups in total. The van der Waals surface area contributed by atoms with Crippen molar-refractivity contribution in [3.8, 4) is 11.8 Å². The van der Waals surface area contributed by atoms with Gasteiger partial charge in [-0.25, -0.2) is 26.6 Å². The molecule has 0 spiro atoms. The quantitative estimate of drug-likeness (QED) is 0.284. The summed E-state index contributed by atoms with van der Waals surface area (Å²) in [4.78, 5) is 3.63. The number of hydrogen-bond acceptors (Lipinski definition) is 4. The Hall–Kier alpha value is -2.96. The molecule has 0 unspecified atom stereocenters. The van der Waals surface area contributed by atoms with E-state index in [1.807, 2.05) is 0 Å². The van der Waals surface area contributed by atoms with E-state index in [-0.39, 0.29) is 12.2 Å². The highest BCUT2D eigenvalue weighted by molar-refractivity contribution is 5.61. The Morgan fingerprint density at radius 3 is 2.26 bits per heavy atom. The summed E-state index contributed by atoms with van der Waals surface area (Å²) in [7, 11) is 0. The second-order valence-electron chi connectivity index (χ2n) is 4.01. The van der Waals surface area contributed by atoms with Crippen LogP contribution in [-0.4, -0.2) is 22.8 Å². The fraction of sp³-hybridized carbons (Fsp3) is 0.154. The zero-order valence-corrected chi connectivity index (χ0v) is 11.4. The zero-order chi connectivity index (χ0) is 17.1. The molecule has 5 nitrogen and oxygen atoms in total. The van der Waals surface area contributed by atoms with E-state index in [0.717, 1.165) is 12.6 Å². The fourth-order valence-electron chi connectivity index (χ4n) is 1.65. The number of aromatic nitrogens is 2. The van der Waals surface area contributed by atoms with Crippen LogP contribution in [-0.2, 0) is 4.74 Å². The molecule has 1 heterocycles. The second-order valence-corrected chi connectivity index (χ2v) is 4.01. The maximum absolute atomic E-state index is 13.8. The SMILES string of the molecule is CCOC=Nc1c(C#N)cnn1-c1c(F)c(F)c(F)c(F)c1F. The largest absolute Gasteiger partial charge is 0.483 e. The Bertz CT molecular complexity index is 796. The number of ether oxygens (including phenoxy) is 1. The lowest BCUT2D eigenvalue weighted by atomic mass is 10.2. The Kier molecular flexibility index (Phi) is 4.59.